The van der Waals surface area contributed by atoms with Crippen molar-refractivity contribution >= 4 is 22.0 Å². The molecule has 1 aliphatic heterocycles. The van der Waals surface area contributed by atoms with E-state index in [1.807, 2.05) is 6.92 Å². The standard InChI is InChI=1S/C15H21NO7S/c1-3-11(17)16-8-12(18)21-4-5-22-14-13-9-6-15(14,2)7-10(9)24(19,20)23-13/h3,9-10,13-14H,1,4-8H2,2H3,(H,16,17). The molecule has 2 bridgehead atoms. The normalized spacial score (nSPS) is 38.0. The van der Waals surface area contributed by atoms with Crippen molar-refractivity contribution in [1.29, 1.82) is 0 Å². The Morgan fingerprint density at radius 2 is 2.12 bits per heavy atom. The Labute approximate surface area is 140 Å². The molecular formula is C15H21NO7S. The van der Waals surface area contributed by atoms with Crippen LogP contribution in [0.3, 0.4) is 0 Å². The van der Waals surface area contributed by atoms with E-state index in [4.69, 9.17) is 13.7 Å². The van der Waals surface area contributed by atoms with Gasteiger partial charge in [0.15, 0.2) is 0 Å². The van der Waals surface area contributed by atoms with Gasteiger partial charge in [0.1, 0.15) is 19.3 Å². The number of carbonyl (C=O) groups is 2. The first-order valence-corrected chi connectivity index (χ1v) is 9.33. The van der Waals surface area contributed by atoms with Crippen molar-refractivity contribution in [3.05, 3.63) is 12.7 Å². The summed E-state index contributed by atoms with van der Waals surface area (Å²) in [5.41, 5.74) is -0.217. The number of carbonyl (C=O) groups excluding carboxylic acids is 2. The zero-order chi connectivity index (χ0) is 17.5. The Morgan fingerprint density at radius 3 is 2.83 bits per heavy atom. The third-order valence-corrected chi connectivity index (χ3v) is 6.85. The number of esters is 1. The largest absolute Gasteiger partial charge is 0.462 e. The Hall–Kier alpha value is -1.45. The summed E-state index contributed by atoms with van der Waals surface area (Å²) in [5, 5.41) is 1.91. The fourth-order valence-corrected chi connectivity index (χ4v) is 6.08. The Morgan fingerprint density at radius 1 is 1.38 bits per heavy atom. The molecule has 1 saturated heterocycles. The fourth-order valence-electron chi connectivity index (χ4n) is 4.12. The lowest BCUT2D eigenvalue weighted by Crippen LogP contribution is -2.41. The molecule has 8 nitrogen and oxygen atoms in total. The lowest BCUT2D eigenvalue weighted by molar-refractivity contribution is -0.147. The summed E-state index contributed by atoms with van der Waals surface area (Å²) in [6.45, 7) is 5.24. The summed E-state index contributed by atoms with van der Waals surface area (Å²) in [4.78, 5) is 22.4. The molecule has 24 heavy (non-hydrogen) atoms. The molecule has 2 aliphatic carbocycles. The molecule has 2 saturated carbocycles. The summed E-state index contributed by atoms with van der Waals surface area (Å²) in [5.74, 6) is -1.03. The molecule has 0 radical (unpaired) electrons. The minimum absolute atomic E-state index is 0.00154. The average molecular weight is 359 g/mol. The highest BCUT2D eigenvalue weighted by Crippen LogP contribution is 2.61. The third-order valence-electron chi connectivity index (χ3n) is 5.11. The van der Waals surface area contributed by atoms with Crippen LogP contribution in [-0.2, 0) is 33.4 Å². The van der Waals surface area contributed by atoms with Crippen molar-refractivity contribution in [3.8, 4) is 0 Å². The maximum absolute atomic E-state index is 12.0. The van der Waals surface area contributed by atoms with Gasteiger partial charge in [0.05, 0.1) is 18.0 Å². The molecule has 134 valence electrons. The van der Waals surface area contributed by atoms with Gasteiger partial charge >= 0.3 is 5.97 Å². The van der Waals surface area contributed by atoms with Crippen LogP contribution in [0.15, 0.2) is 12.7 Å². The smallest absolute Gasteiger partial charge is 0.325 e. The molecule has 0 aromatic heterocycles. The minimum Gasteiger partial charge on any atom is -0.462 e. The van der Waals surface area contributed by atoms with E-state index in [0.717, 1.165) is 12.5 Å². The molecule has 0 aromatic carbocycles. The molecular weight excluding hydrogens is 338 g/mol. The Bertz CT molecular complexity index is 661. The van der Waals surface area contributed by atoms with Gasteiger partial charge in [-0.25, -0.2) is 0 Å². The molecule has 0 aromatic rings. The molecule has 3 aliphatic rings. The van der Waals surface area contributed by atoms with Crippen LogP contribution < -0.4 is 5.32 Å². The molecule has 1 amide bonds. The molecule has 5 atom stereocenters. The SMILES string of the molecule is C=CC(=O)NCC(=O)OCCOC1C2OS(=O)(=O)C3CC1(C)CC23. The second-order valence-electron chi connectivity index (χ2n) is 6.75. The van der Waals surface area contributed by atoms with Gasteiger partial charge in [-0.3, -0.25) is 13.8 Å². The van der Waals surface area contributed by atoms with Crippen LogP contribution in [0.1, 0.15) is 19.8 Å². The molecule has 1 N–H and O–H groups in total. The van der Waals surface area contributed by atoms with Crippen molar-refractivity contribution in [2.24, 2.45) is 11.3 Å². The van der Waals surface area contributed by atoms with Crippen molar-refractivity contribution in [3.63, 3.8) is 0 Å². The molecule has 3 fully saturated rings. The van der Waals surface area contributed by atoms with E-state index in [1.165, 1.54) is 0 Å². The van der Waals surface area contributed by atoms with Crippen LogP contribution in [0.25, 0.3) is 0 Å². The monoisotopic (exact) mass is 359 g/mol. The van der Waals surface area contributed by atoms with Crippen molar-refractivity contribution in [2.45, 2.75) is 37.2 Å². The predicted octanol–water partition coefficient (Wildman–Crippen LogP) is -0.256. The van der Waals surface area contributed by atoms with Crippen molar-refractivity contribution < 1.29 is 31.7 Å². The van der Waals surface area contributed by atoms with Gasteiger partial charge in [-0.1, -0.05) is 13.5 Å². The number of fused-ring (bicyclic) bond motifs is 1. The maximum Gasteiger partial charge on any atom is 0.325 e. The highest BCUT2D eigenvalue weighted by Gasteiger charge is 2.69. The van der Waals surface area contributed by atoms with Crippen LogP contribution in [0.5, 0.6) is 0 Å². The van der Waals surface area contributed by atoms with E-state index in [0.29, 0.717) is 6.42 Å². The third kappa shape index (κ3) is 2.96. The van der Waals surface area contributed by atoms with Crippen LogP contribution >= 0.6 is 0 Å². The number of hydrogen-bond acceptors (Lipinski definition) is 7. The quantitative estimate of drug-likeness (QED) is 0.289. The van der Waals surface area contributed by atoms with E-state index < -0.39 is 33.3 Å². The molecule has 5 unspecified atom stereocenters. The van der Waals surface area contributed by atoms with E-state index in [1.54, 1.807) is 0 Å². The van der Waals surface area contributed by atoms with Gasteiger partial charge in [-0.05, 0) is 24.3 Å². The van der Waals surface area contributed by atoms with Crippen molar-refractivity contribution in [2.75, 3.05) is 19.8 Å². The number of nitrogens with one attached hydrogen (secondary N) is 1. The van der Waals surface area contributed by atoms with Crippen molar-refractivity contribution in [1.82, 2.24) is 5.32 Å². The number of hydrogen-bond donors (Lipinski definition) is 1. The van der Waals surface area contributed by atoms with Gasteiger partial charge < -0.3 is 14.8 Å². The second-order valence-corrected chi connectivity index (χ2v) is 8.54. The number of amides is 1. The lowest BCUT2D eigenvalue weighted by Gasteiger charge is -2.32. The van der Waals surface area contributed by atoms with E-state index in [9.17, 15) is 18.0 Å². The van der Waals surface area contributed by atoms with Gasteiger partial charge in [-0.15, -0.1) is 0 Å². The highest BCUT2D eigenvalue weighted by atomic mass is 32.2. The Kier molecular flexibility index (Phi) is 4.43. The molecule has 1 heterocycles. The highest BCUT2D eigenvalue weighted by molar-refractivity contribution is 7.87. The number of ether oxygens (including phenoxy) is 2. The predicted molar refractivity (Wildman–Crippen MR) is 82.3 cm³/mol. The summed E-state index contributed by atoms with van der Waals surface area (Å²) < 4.78 is 39.9. The van der Waals surface area contributed by atoms with Crippen LogP contribution in [0.2, 0.25) is 0 Å². The van der Waals surface area contributed by atoms with E-state index in [2.05, 4.69) is 11.9 Å². The molecule has 9 heteroatoms. The molecule has 3 rings (SSSR count). The van der Waals surface area contributed by atoms with E-state index in [-0.39, 0.29) is 37.2 Å². The first-order valence-electron chi connectivity index (χ1n) is 7.86. The average Bonchev–Trinajstić information content (AvgIpc) is 3.06. The van der Waals surface area contributed by atoms with Crippen LogP contribution in [0.4, 0.5) is 0 Å². The van der Waals surface area contributed by atoms with Gasteiger partial charge in [0.2, 0.25) is 5.91 Å². The Balaban J connectivity index is 1.44. The lowest BCUT2D eigenvalue weighted by atomic mass is 9.82. The summed E-state index contributed by atoms with van der Waals surface area (Å²) in [6, 6.07) is 0. The first kappa shape index (κ1) is 17.4. The van der Waals surface area contributed by atoms with E-state index >= 15 is 0 Å². The zero-order valence-electron chi connectivity index (χ0n) is 13.4. The number of rotatable bonds is 7. The molecule has 0 spiro atoms. The van der Waals surface area contributed by atoms with Gasteiger partial charge in [0, 0.05) is 5.92 Å². The fraction of sp³-hybridized carbons (Fsp3) is 0.733. The summed E-state index contributed by atoms with van der Waals surface area (Å²) in [6.07, 6.45) is 1.65. The van der Waals surface area contributed by atoms with Gasteiger partial charge in [0.25, 0.3) is 10.1 Å². The summed E-state index contributed by atoms with van der Waals surface area (Å²) >= 11 is 0. The van der Waals surface area contributed by atoms with Crippen LogP contribution in [-0.4, -0.2) is 57.5 Å². The van der Waals surface area contributed by atoms with Crippen LogP contribution in [0, 0.1) is 11.3 Å². The second kappa shape index (κ2) is 6.12. The zero-order valence-corrected chi connectivity index (χ0v) is 14.2. The minimum atomic E-state index is -3.48. The topological polar surface area (TPSA) is 108 Å². The first-order chi connectivity index (χ1) is 11.3. The maximum atomic E-state index is 12.0. The van der Waals surface area contributed by atoms with Gasteiger partial charge in [-0.2, -0.15) is 8.42 Å². The summed E-state index contributed by atoms with van der Waals surface area (Å²) in [7, 11) is -3.48.